The van der Waals surface area contributed by atoms with Gasteiger partial charge in [-0.25, -0.2) is 4.79 Å². The van der Waals surface area contributed by atoms with E-state index in [2.05, 4.69) is 4.98 Å². The third kappa shape index (κ3) is 1.78. The average Bonchev–Trinajstić information content (AvgIpc) is 2.14. The van der Waals surface area contributed by atoms with E-state index in [4.69, 9.17) is 0 Å². The Kier molecular flexibility index (Phi) is 2.22. The van der Waals surface area contributed by atoms with Gasteiger partial charge in [0, 0.05) is 5.39 Å². The van der Waals surface area contributed by atoms with Crippen LogP contribution in [0.1, 0.15) is 11.3 Å². The van der Waals surface area contributed by atoms with Crippen molar-refractivity contribution in [3.05, 3.63) is 39.9 Å². The first-order chi connectivity index (χ1) is 7.38. The number of benzene rings is 1. The SMILES string of the molecule is Cc1ccc2c(C(F)(F)F)[nH]c(=O)nc2c1. The summed E-state index contributed by atoms with van der Waals surface area (Å²) in [6.45, 7) is 1.72. The Morgan fingerprint density at radius 1 is 1.31 bits per heavy atom. The van der Waals surface area contributed by atoms with Gasteiger partial charge in [0.25, 0.3) is 0 Å². The van der Waals surface area contributed by atoms with Gasteiger partial charge in [-0.15, -0.1) is 0 Å². The molecule has 1 heterocycles. The summed E-state index contributed by atoms with van der Waals surface area (Å²) in [6.07, 6.45) is -4.59. The second-order valence-electron chi connectivity index (χ2n) is 3.44. The molecular formula is C10H7F3N2O. The minimum atomic E-state index is -4.59. The molecule has 2 aromatic rings. The molecule has 1 aromatic carbocycles. The minimum Gasteiger partial charge on any atom is -0.301 e. The lowest BCUT2D eigenvalue weighted by Crippen LogP contribution is -2.19. The van der Waals surface area contributed by atoms with Crippen molar-refractivity contribution in [2.75, 3.05) is 0 Å². The van der Waals surface area contributed by atoms with Gasteiger partial charge in [-0.2, -0.15) is 18.2 Å². The number of fused-ring (bicyclic) bond motifs is 1. The van der Waals surface area contributed by atoms with Crippen LogP contribution in [-0.2, 0) is 6.18 Å². The maximum absolute atomic E-state index is 12.6. The molecule has 0 aliphatic rings. The van der Waals surface area contributed by atoms with Crippen molar-refractivity contribution >= 4 is 10.9 Å². The smallest absolute Gasteiger partial charge is 0.301 e. The summed E-state index contributed by atoms with van der Waals surface area (Å²) in [5.41, 5.74) is -1.25. The first-order valence-electron chi connectivity index (χ1n) is 4.46. The maximum Gasteiger partial charge on any atom is 0.432 e. The topological polar surface area (TPSA) is 45.8 Å². The van der Waals surface area contributed by atoms with E-state index in [1.54, 1.807) is 11.9 Å². The average molecular weight is 228 g/mol. The fourth-order valence-electron chi connectivity index (χ4n) is 1.48. The molecule has 0 spiro atoms. The largest absolute Gasteiger partial charge is 0.432 e. The summed E-state index contributed by atoms with van der Waals surface area (Å²) in [7, 11) is 0. The van der Waals surface area contributed by atoms with Gasteiger partial charge in [0.15, 0.2) is 0 Å². The van der Waals surface area contributed by atoms with E-state index in [9.17, 15) is 18.0 Å². The van der Waals surface area contributed by atoms with E-state index >= 15 is 0 Å². The zero-order valence-corrected chi connectivity index (χ0v) is 8.22. The Balaban J connectivity index is 2.89. The molecule has 0 amide bonds. The van der Waals surface area contributed by atoms with Crippen molar-refractivity contribution in [3.8, 4) is 0 Å². The Morgan fingerprint density at radius 2 is 2.00 bits per heavy atom. The second kappa shape index (κ2) is 3.33. The van der Waals surface area contributed by atoms with E-state index < -0.39 is 17.6 Å². The van der Waals surface area contributed by atoms with Crippen molar-refractivity contribution in [1.29, 1.82) is 0 Å². The zero-order chi connectivity index (χ0) is 11.9. The van der Waals surface area contributed by atoms with Crippen LogP contribution in [0.2, 0.25) is 0 Å². The summed E-state index contributed by atoms with van der Waals surface area (Å²) in [5.74, 6) is 0. The lowest BCUT2D eigenvalue weighted by atomic mass is 10.1. The van der Waals surface area contributed by atoms with Gasteiger partial charge in [0.05, 0.1) is 5.52 Å². The Hall–Kier alpha value is -1.85. The van der Waals surface area contributed by atoms with Crippen LogP contribution in [0, 0.1) is 6.92 Å². The number of rotatable bonds is 0. The molecule has 2 rings (SSSR count). The van der Waals surface area contributed by atoms with E-state index in [0.29, 0.717) is 0 Å². The molecule has 0 saturated carbocycles. The number of aryl methyl sites for hydroxylation is 1. The highest BCUT2D eigenvalue weighted by atomic mass is 19.4. The number of halogens is 3. The zero-order valence-electron chi connectivity index (χ0n) is 8.22. The molecule has 0 bridgehead atoms. The van der Waals surface area contributed by atoms with E-state index in [0.717, 1.165) is 5.56 Å². The Bertz CT molecular complexity index is 601. The lowest BCUT2D eigenvalue weighted by Gasteiger charge is -2.09. The van der Waals surface area contributed by atoms with E-state index in [1.165, 1.54) is 18.2 Å². The van der Waals surface area contributed by atoms with Gasteiger partial charge in [-0.3, -0.25) is 0 Å². The van der Waals surface area contributed by atoms with Crippen LogP contribution in [0.3, 0.4) is 0 Å². The number of aromatic nitrogens is 2. The molecule has 0 saturated heterocycles. The number of hydrogen-bond donors (Lipinski definition) is 1. The maximum atomic E-state index is 12.6. The summed E-state index contributed by atoms with van der Waals surface area (Å²) in [5, 5.41) is -0.0994. The number of nitrogens with zero attached hydrogens (tertiary/aromatic N) is 1. The van der Waals surface area contributed by atoms with Crippen LogP contribution in [0.4, 0.5) is 13.2 Å². The molecule has 0 aliphatic heterocycles. The molecule has 84 valence electrons. The number of nitrogens with one attached hydrogen (secondary N) is 1. The van der Waals surface area contributed by atoms with Crippen LogP contribution in [0.5, 0.6) is 0 Å². The summed E-state index contributed by atoms with van der Waals surface area (Å²) in [6, 6.07) is 4.29. The van der Waals surface area contributed by atoms with Crippen LogP contribution >= 0.6 is 0 Å². The Labute approximate surface area is 87.9 Å². The standard InChI is InChI=1S/C10H7F3N2O/c1-5-2-3-6-7(4-5)14-9(16)15-8(6)10(11,12)13/h2-4H,1H3,(H,14,15,16). The minimum absolute atomic E-state index is 0.0519. The molecule has 6 heteroatoms. The van der Waals surface area contributed by atoms with Gasteiger partial charge >= 0.3 is 11.9 Å². The summed E-state index contributed by atoms with van der Waals surface area (Å²) >= 11 is 0. The monoisotopic (exact) mass is 228 g/mol. The van der Waals surface area contributed by atoms with Crippen LogP contribution in [-0.4, -0.2) is 9.97 Å². The van der Waals surface area contributed by atoms with Crippen molar-refractivity contribution in [2.45, 2.75) is 13.1 Å². The highest BCUT2D eigenvalue weighted by molar-refractivity contribution is 5.81. The van der Waals surface area contributed by atoms with Crippen LogP contribution in [0.25, 0.3) is 10.9 Å². The highest BCUT2D eigenvalue weighted by Gasteiger charge is 2.34. The molecule has 1 N–H and O–H groups in total. The first kappa shape index (κ1) is 10.7. The third-order valence-corrected chi connectivity index (χ3v) is 2.16. The number of H-pyrrole nitrogens is 1. The van der Waals surface area contributed by atoms with Gasteiger partial charge in [0.1, 0.15) is 5.69 Å². The van der Waals surface area contributed by atoms with Crippen molar-refractivity contribution < 1.29 is 13.2 Å². The molecule has 0 atom stereocenters. The van der Waals surface area contributed by atoms with E-state index in [-0.39, 0.29) is 10.9 Å². The van der Waals surface area contributed by atoms with Gasteiger partial charge < -0.3 is 4.98 Å². The van der Waals surface area contributed by atoms with Gasteiger partial charge in [-0.1, -0.05) is 12.1 Å². The molecule has 0 fully saturated rings. The van der Waals surface area contributed by atoms with Crippen molar-refractivity contribution in [3.63, 3.8) is 0 Å². The van der Waals surface area contributed by atoms with Gasteiger partial charge in [-0.05, 0) is 18.6 Å². The van der Waals surface area contributed by atoms with Crippen molar-refractivity contribution in [1.82, 2.24) is 9.97 Å². The molecule has 0 unspecified atom stereocenters. The quantitative estimate of drug-likeness (QED) is 0.751. The van der Waals surface area contributed by atoms with Crippen LogP contribution in [0.15, 0.2) is 23.0 Å². The summed E-state index contributed by atoms with van der Waals surface area (Å²) < 4.78 is 37.8. The number of aromatic amines is 1. The number of hydrogen-bond acceptors (Lipinski definition) is 2. The molecule has 0 radical (unpaired) electrons. The predicted octanol–water partition coefficient (Wildman–Crippen LogP) is 2.25. The van der Waals surface area contributed by atoms with E-state index in [1.807, 2.05) is 0 Å². The normalized spacial score (nSPS) is 12.0. The lowest BCUT2D eigenvalue weighted by molar-refractivity contribution is -0.140. The molecular weight excluding hydrogens is 221 g/mol. The molecule has 0 aliphatic carbocycles. The fourth-order valence-corrected chi connectivity index (χ4v) is 1.48. The first-order valence-corrected chi connectivity index (χ1v) is 4.46. The highest BCUT2D eigenvalue weighted by Crippen LogP contribution is 2.31. The Morgan fingerprint density at radius 3 is 2.62 bits per heavy atom. The molecule has 1 aromatic heterocycles. The molecule has 3 nitrogen and oxygen atoms in total. The summed E-state index contributed by atoms with van der Waals surface area (Å²) in [4.78, 5) is 16.2. The van der Waals surface area contributed by atoms with Crippen LogP contribution < -0.4 is 5.69 Å². The van der Waals surface area contributed by atoms with Crippen molar-refractivity contribution in [2.24, 2.45) is 0 Å². The third-order valence-electron chi connectivity index (χ3n) is 2.16. The number of alkyl halides is 3. The van der Waals surface area contributed by atoms with Gasteiger partial charge in [0.2, 0.25) is 0 Å². The fraction of sp³-hybridized carbons (Fsp3) is 0.200. The molecule has 16 heavy (non-hydrogen) atoms. The second-order valence-corrected chi connectivity index (χ2v) is 3.44. The predicted molar refractivity (Wildman–Crippen MR) is 52.1 cm³/mol.